The lowest BCUT2D eigenvalue weighted by Gasteiger charge is -2.35. The number of benzene rings is 2. The third-order valence-corrected chi connectivity index (χ3v) is 5.09. The van der Waals surface area contributed by atoms with Crippen molar-refractivity contribution in [2.45, 2.75) is 26.0 Å². The minimum absolute atomic E-state index is 0. The van der Waals surface area contributed by atoms with Crippen molar-refractivity contribution in [1.82, 2.24) is 10.2 Å². The number of methoxy groups -OCH3 is 2. The summed E-state index contributed by atoms with van der Waals surface area (Å²) in [4.78, 5) is 2.52. The van der Waals surface area contributed by atoms with Gasteiger partial charge in [-0.05, 0) is 18.1 Å². The van der Waals surface area contributed by atoms with E-state index in [0.717, 1.165) is 55.2 Å². The molecule has 0 radical (unpaired) electrons. The van der Waals surface area contributed by atoms with Gasteiger partial charge in [-0.3, -0.25) is 4.90 Å². The highest BCUT2D eigenvalue weighted by molar-refractivity contribution is 5.85. The maximum atomic E-state index is 6.26. The summed E-state index contributed by atoms with van der Waals surface area (Å²) in [6, 6.07) is 14.6. The van der Waals surface area contributed by atoms with Crippen molar-refractivity contribution in [3.8, 4) is 17.2 Å². The normalized spacial score (nSPS) is 14.9. The van der Waals surface area contributed by atoms with Crippen molar-refractivity contribution >= 4 is 24.8 Å². The van der Waals surface area contributed by atoms with E-state index < -0.39 is 0 Å². The van der Waals surface area contributed by atoms with Gasteiger partial charge in [-0.1, -0.05) is 37.3 Å². The van der Waals surface area contributed by atoms with Gasteiger partial charge in [0, 0.05) is 43.9 Å². The molecule has 1 atom stereocenters. The van der Waals surface area contributed by atoms with E-state index in [2.05, 4.69) is 35.3 Å². The molecular weight excluding hydrogens is 411 g/mol. The lowest BCUT2D eigenvalue weighted by molar-refractivity contribution is 0.164. The molecule has 0 saturated carbocycles. The van der Waals surface area contributed by atoms with Crippen LogP contribution in [0.4, 0.5) is 0 Å². The Hall–Kier alpha value is -1.66. The fraction of sp³-hybridized carbons (Fsp3) is 0.455. The molecule has 0 bridgehead atoms. The summed E-state index contributed by atoms with van der Waals surface area (Å²) in [5.74, 6) is 2.30. The molecule has 0 spiro atoms. The molecule has 1 aliphatic rings. The molecule has 2 aromatic carbocycles. The molecule has 29 heavy (non-hydrogen) atoms. The Morgan fingerprint density at radius 3 is 2.14 bits per heavy atom. The number of rotatable bonds is 8. The average molecular weight is 443 g/mol. The molecule has 1 fully saturated rings. The van der Waals surface area contributed by atoms with Crippen LogP contribution in [0.2, 0.25) is 0 Å². The SMILES string of the molecule is CC[C@@H](c1cc(OC)c(OC)cc1OCc1ccccc1)N1CCNCC1.Cl.Cl. The van der Waals surface area contributed by atoms with Crippen molar-refractivity contribution in [1.29, 1.82) is 0 Å². The molecule has 1 heterocycles. The van der Waals surface area contributed by atoms with Crippen LogP contribution >= 0.6 is 24.8 Å². The van der Waals surface area contributed by atoms with Gasteiger partial charge in [-0.2, -0.15) is 0 Å². The Kier molecular flexibility index (Phi) is 11.2. The molecular formula is C22H32Cl2N2O3. The van der Waals surface area contributed by atoms with E-state index in [1.807, 2.05) is 24.3 Å². The second kappa shape index (κ2) is 12.8. The molecule has 3 rings (SSSR count). The number of halogens is 2. The third-order valence-electron chi connectivity index (χ3n) is 5.09. The maximum absolute atomic E-state index is 6.26. The lowest BCUT2D eigenvalue weighted by atomic mass is 10.00. The van der Waals surface area contributed by atoms with Crippen LogP contribution in [0.25, 0.3) is 0 Å². The molecule has 162 valence electrons. The summed E-state index contributed by atoms with van der Waals surface area (Å²) >= 11 is 0. The first-order valence-electron chi connectivity index (χ1n) is 9.64. The number of piperazine rings is 1. The molecule has 0 unspecified atom stereocenters. The Bertz CT molecular complexity index is 725. The summed E-state index contributed by atoms with van der Waals surface area (Å²) in [7, 11) is 3.34. The van der Waals surface area contributed by atoms with Gasteiger partial charge < -0.3 is 19.5 Å². The van der Waals surface area contributed by atoms with Crippen LogP contribution in [-0.4, -0.2) is 45.3 Å². The van der Waals surface area contributed by atoms with Crippen LogP contribution < -0.4 is 19.5 Å². The van der Waals surface area contributed by atoms with Gasteiger partial charge in [0.15, 0.2) is 11.5 Å². The number of hydrogen-bond acceptors (Lipinski definition) is 5. The Morgan fingerprint density at radius 2 is 1.55 bits per heavy atom. The first kappa shape index (κ1) is 25.4. The minimum Gasteiger partial charge on any atom is -0.493 e. The fourth-order valence-electron chi connectivity index (χ4n) is 3.67. The molecule has 5 nitrogen and oxygen atoms in total. The van der Waals surface area contributed by atoms with E-state index in [-0.39, 0.29) is 30.9 Å². The molecule has 7 heteroatoms. The first-order chi connectivity index (χ1) is 13.3. The number of ether oxygens (including phenoxy) is 3. The quantitative estimate of drug-likeness (QED) is 0.652. The minimum atomic E-state index is 0. The largest absolute Gasteiger partial charge is 0.493 e. The van der Waals surface area contributed by atoms with Crippen LogP contribution in [0.15, 0.2) is 42.5 Å². The zero-order valence-electron chi connectivity index (χ0n) is 17.3. The molecule has 1 saturated heterocycles. The van der Waals surface area contributed by atoms with E-state index in [4.69, 9.17) is 14.2 Å². The average Bonchev–Trinajstić information content (AvgIpc) is 2.74. The van der Waals surface area contributed by atoms with Crippen LogP contribution in [0.5, 0.6) is 17.2 Å². The highest BCUT2D eigenvalue weighted by atomic mass is 35.5. The van der Waals surface area contributed by atoms with Gasteiger partial charge in [0.25, 0.3) is 0 Å². The summed E-state index contributed by atoms with van der Waals surface area (Å²) in [5.41, 5.74) is 2.31. The number of hydrogen-bond donors (Lipinski definition) is 1. The summed E-state index contributed by atoms with van der Waals surface area (Å²) < 4.78 is 17.3. The van der Waals surface area contributed by atoms with Crippen LogP contribution in [-0.2, 0) is 6.61 Å². The third kappa shape index (κ3) is 6.41. The van der Waals surface area contributed by atoms with E-state index >= 15 is 0 Å². The maximum Gasteiger partial charge on any atom is 0.164 e. The van der Waals surface area contributed by atoms with Gasteiger partial charge in [0.1, 0.15) is 12.4 Å². The monoisotopic (exact) mass is 442 g/mol. The van der Waals surface area contributed by atoms with Crippen LogP contribution in [0, 0.1) is 0 Å². The summed E-state index contributed by atoms with van der Waals surface area (Å²) in [6.45, 7) is 6.86. The van der Waals surface area contributed by atoms with Crippen LogP contribution in [0.3, 0.4) is 0 Å². The van der Waals surface area contributed by atoms with E-state index in [1.54, 1.807) is 14.2 Å². The number of nitrogens with zero attached hydrogens (tertiary/aromatic N) is 1. The van der Waals surface area contributed by atoms with E-state index in [9.17, 15) is 0 Å². The first-order valence-corrected chi connectivity index (χ1v) is 9.64. The topological polar surface area (TPSA) is 43.0 Å². The van der Waals surface area contributed by atoms with E-state index in [0.29, 0.717) is 12.4 Å². The summed E-state index contributed by atoms with van der Waals surface area (Å²) in [5, 5.41) is 3.43. The highest BCUT2D eigenvalue weighted by Gasteiger charge is 2.25. The number of nitrogens with one attached hydrogen (secondary N) is 1. The zero-order chi connectivity index (χ0) is 19.1. The Balaban J connectivity index is 0.00000210. The van der Waals surface area contributed by atoms with Gasteiger partial charge in [0.05, 0.1) is 14.2 Å². The highest BCUT2D eigenvalue weighted by Crippen LogP contribution is 2.40. The van der Waals surface area contributed by atoms with Crippen molar-refractivity contribution in [3.05, 3.63) is 53.6 Å². The van der Waals surface area contributed by atoms with Gasteiger partial charge in [0.2, 0.25) is 0 Å². The van der Waals surface area contributed by atoms with Crippen LogP contribution in [0.1, 0.15) is 30.5 Å². The van der Waals surface area contributed by atoms with Crippen molar-refractivity contribution in [3.63, 3.8) is 0 Å². The second-order valence-electron chi connectivity index (χ2n) is 6.73. The van der Waals surface area contributed by atoms with Crippen molar-refractivity contribution in [2.75, 3.05) is 40.4 Å². The summed E-state index contributed by atoms with van der Waals surface area (Å²) in [6.07, 6.45) is 1.01. The fourth-order valence-corrected chi connectivity index (χ4v) is 3.67. The predicted octanol–water partition coefficient (Wildman–Crippen LogP) is 4.48. The van der Waals surface area contributed by atoms with E-state index in [1.165, 1.54) is 0 Å². The second-order valence-corrected chi connectivity index (χ2v) is 6.73. The lowest BCUT2D eigenvalue weighted by Crippen LogP contribution is -2.45. The molecule has 0 aliphatic carbocycles. The van der Waals surface area contributed by atoms with Crippen molar-refractivity contribution in [2.24, 2.45) is 0 Å². The molecule has 0 aromatic heterocycles. The molecule has 1 N–H and O–H groups in total. The zero-order valence-corrected chi connectivity index (χ0v) is 19.0. The standard InChI is InChI=1S/C22H30N2O3.2ClH/c1-4-19(24-12-10-23-11-13-24)18-14-21(25-2)22(26-3)15-20(18)27-16-17-8-6-5-7-9-17;;/h5-9,14-15,19,23H,4,10-13,16H2,1-3H3;2*1H/t19-;;/m0../s1. The van der Waals surface area contributed by atoms with Crippen molar-refractivity contribution < 1.29 is 14.2 Å². The Labute approximate surface area is 186 Å². The van der Waals surface area contributed by atoms with Gasteiger partial charge in [-0.25, -0.2) is 0 Å². The van der Waals surface area contributed by atoms with Gasteiger partial charge >= 0.3 is 0 Å². The molecule has 0 amide bonds. The van der Waals surface area contributed by atoms with Gasteiger partial charge in [-0.15, -0.1) is 24.8 Å². The molecule has 1 aliphatic heterocycles. The smallest absolute Gasteiger partial charge is 0.164 e. The molecule has 2 aromatic rings. The Morgan fingerprint density at radius 1 is 0.931 bits per heavy atom. The predicted molar refractivity (Wildman–Crippen MR) is 122 cm³/mol.